The Morgan fingerprint density at radius 3 is 2.25 bits per heavy atom. The van der Waals surface area contributed by atoms with E-state index in [4.69, 9.17) is 14.2 Å². The number of fused-ring (bicyclic) bond motifs is 2. The minimum absolute atomic E-state index is 0.0408. The monoisotopic (exact) mass is 503 g/mol. The Morgan fingerprint density at radius 2 is 1.64 bits per heavy atom. The number of methoxy groups -OCH3 is 3. The van der Waals surface area contributed by atoms with E-state index in [0.717, 1.165) is 18.4 Å². The molecular formula is C29H45NO6. The summed E-state index contributed by atoms with van der Waals surface area (Å²) < 4.78 is 17.2. The third-order valence-corrected chi connectivity index (χ3v) is 7.00. The van der Waals surface area contributed by atoms with Crippen LogP contribution in [0.4, 0.5) is 5.69 Å². The van der Waals surface area contributed by atoms with E-state index in [1.165, 1.54) is 0 Å². The summed E-state index contributed by atoms with van der Waals surface area (Å²) in [5.74, 6) is 0.576. The van der Waals surface area contributed by atoms with Gasteiger partial charge in [-0.25, -0.2) is 0 Å². The second kappa shape index (κ2) is 13.9. The molecule has 36 heavy (non-hydrogen) atoms. The SMILES string of the molecule is COc1cc2cc(c1)NC(=O)/C(C)=C/[C@@H](C)C[C@H](O)[C@@H](O)/C(C)=C/[C@H](C)[C@@H](OC)[C@@H](OC)C[C@H](C)C2. The summed E-state index contributed by atoms with van der Waals surface area (Å²) in [6.07, 6.45) is 3.29. The fraction of sp³-hybridized carbons (Fsp3) is 0.621. The van der Waals surface area contributed by atoms with Crippen LogP contribution < -0.4 is 10.1 Å². The molecule has 1 amide bonds. The zero-order chi connectivity index (χ0) is 27.0. The molecule has 7 heteroatoms. The Kier molecular flexibility index (Phi) is 11.6. The van der Waals surface area contributed by atoms with Gasteiger partial charge in [-0.05, 0) is 68.2 Å². The van der Waals surface area contributed by atoms with Crippen molar-refractivity contribution in [3.05, 3.63) is 47.1 Å². The molecular weight excluding hydrogens is 458 g/mol. The van der Waals surface area contributed by atoms with E-state index in [1.807, 2.05) is 45.1 Å². The van der Waals surface area contributed by atoms with E-state index in [2.05, 4.69) is 12.2 Å². The van der Waals surface area contributed by atoms with E-state index in [-0.39, 0.29) is 35.9 Å². The number of rotatable bonds is 3. The van der Waals surface area contributed by atoms with Crippen molar-refractivity contribution in [1.29, 1.82) is 0 Å². The Morgan fingerprint density at radius 1 is 0.944 bits per heavy atom. The third kappa shape index (κ3) is 8.44. The Balaban J connectivity index is 2.47. The largest absolute Gasteiger partial charge is 0.497 e. The van der Waals surface area contributed by atoms with Crippen LogP contribution in [-0.2, 0) is 20.7 Å². The molecule has 1 aliphatic rings. The van der Waals surface area contributed by atoms with E-state index in [9.17, 15) is 15.0 Å². The van der Waals surface area contributed by atoms with Crippen LogP contribution in [0.15, 0.2) is 41.5 Å². The number of carbonyl (C=O) groups is 1. The molecule has 2 bridgehead atoms. The van der Waals surface area contributed by atoms with Gasteiger partial charge in [0.25, 0.3) is 5.91 Å². The van der Waals surface area contributed by atoms with Crippen molar-refractivity contribution in [2.24, 2.45) is 17.8 Å². The van der Waals surface area contributed by atoms with Crippen molar-refractivity contribution >= 4 is 11.6 Å². The highest BCUT2D eigenvalue weighted by molar-refractivity contribution is 6.03. The van der Waals surface area contributed by atoms with Gasteiger partial charge in [0, 0.05) is 37.5 Å². The zero-order valence-corrected chi connectivity index (χ0v) is 23.1. The summed E-state index contributed by atoms with van der Waals surface area (Å²) in [6, 6.07) is 5.78. The summed E-state index contributed by atoms with van der Waals surface area (Å²) in [5, 5.41) is 24.5. The smallest absolute Gasteiger partial charge is 0.250 e. The predicted molar refractivity (Wildman–Crippen MR) is 143 cm³/mol. The first-order chi connectivity index (χ1) is 17.0. The van der Waals surface area contributed by atoms with Crippen molar-refractivity contribution in [3.8, 4) is 5.75 Å². The molecule has 0 unspecified atom stereocenters. The molecule has 3 N–H and O–H groups in total. The molecule has 0 aromatic heterocycles. The van der Waals surface area contributed by atoms with Gasteiger partial charge in [-0.2, -0.15) is 0 Å². The highest BCUT2D eigenvalue weighted by atomic mass is 16.5. The quantitative estimate of drug-likeness (QED) is 0.525. The maximum absolute atomic E-state index is 12.9. The van der Waals surface area contributed by atoms with Crippen LogP contribution in [0.3, 0.4) is 0 Å². The van der Waals surface area contributed by atoms with Gasteiger partial charge in [0.05, 0.1) is 25.4 Å². The van der Waals surface area contributed by atoms with Gasteiger partial charge >= 0.3 is 0 Å². The number of aliphatic hydroxyl groups excluding tert-OH is 2. The Bertz CT molecular complexity index is 926. The minimum Gasteiger partial charge on any atom is -0.497 e. The van der Waals surface area contributed by atoms with E-state index >= 15 is 0 Å². The summed E-state index contributed by atoms with van der Waals surface area (Å²) in [7, 11) is 4.98. The average molecular weight is 504 g/mol. The lowest BCUT2D eigenvalue weighted by atomic mass is 9.87. The van der Waals surface area contributed by atoms with Crippen molar-refractivity contribution in [2.45, 2.75) is 78.3 Å². The highest BCUT2D eigenvalue weighted by Crippen LogP contribution is 2.28. The minimum atomic E-state index is -1.01. The van der Waals surface area contributed by atoms with Gasteiger partial charge in [-0.15, -0.1) is 0 Å². The Hall–Kier alpha value is -2.19. The number of benzene rings is 1. The van der Waals surface area contributed by atoms with Crippen LogP contribution in [0.1, 0.15) is 53.0 Å². The molecule has 1 aromatic carbocycles. The second-order valence-electron chi connectivity index (χ2n) is 10.4. The predicted octanol–water partition coefficient (Wildman–Crippen LogP) is 4.52. The molecule has 202 valence electrons. The van der Waals surface area contributed by atoms with Crippen LogP contribution in [0.2, 0.25) is 0 Å². The number of anilines is 1. The Labute approximate surface area is 216 Å². The lowest BCUT2D eigenvalue weighted by molar-refractivity contribution is -0.112. The third-order valence-electron chi connectivity index (χ3n) is 7.00. The maximum atomic E-state index is 12.9. The lowest BCUT2D eigenvalue weighted by Crippen LogP contribution is -2.37. The highest BCUT2D eigenvalue weighted by Gasteiger charge is 2.29. The summed E-state index contributed by atoms with van der Waals surface area (Å²) >= 11 is 0. The molecule has 7 atom stereocenters. The molecule has 0 aliphatic carbocycles. The maximum Gasteiger partial charge on any atom is 0.250 e. The van der Waals surface area contributed by atoms with Gasteiger partial charge in [0.2, 0.25) is 0 Å². The van der Waals surface area contributed by atoms with Crippen LogP contribution in [0, 0.1) is 17.8 Å². The fourth-order valence-electron chi connectivity index (χ4n) is 5.14. The number of amides is 1. The number of aliphatic hydroxyl groups is 2. The summed E-state index contributed by atoms with van der Waals surface area (Å²) in [4.78, 5) is 12.9. The molecule has 0 saturated heterocycles. The van der Waals surface area contributed by atoms with Crippen molar-refractivity contribution in [1.82, 2.24) is 0 Å². The topological polar surface area (TPSA) is 97.3 Å². The summed E-state index contributed by atoms with van der Waals surface area (Å²) in [6.45, 7) is 9.70. The van der Waals surface area contributed by atoms with E-state index in [1.54, 1.807) is 34.3 Å². The van der Waals surface area contributed by atoms with Gasteiger partial charge < -0.3 is 29.7 Å². The fourth-order valence-corrected chi connectivity index (χ4v) is 5.14. The van der Waals surface area contributed by atoms with Gasteiger partial charge in [0.1, 0.15) is 11.9 Å². The molecule has 1 aromatic rings. The van der Waals surface area contributed by atoms with Crippen molar-refractivity contribution in [2.75, 3.05) is 26.6 Å². The second-order valence-corrected chi connectivity index (χ2v) is 10.4. The van der Waals surface area contributed by atoms with Crippen LogP contribution in [0.25, 0.3) is 0 Å². The first-order valence-electron chi connectivity index (χ1n) is 12.8. The first-order valence-corrected chi connectivity index (χ1v) is 12.8. The van der Waals surface area contributed by atoms with Gasteiger partial charge in [0.15, 0.2) is 0 Å². The van der Waals surface area contributed by atoms with Gasteiger partial charge in [-0.3, -0.25) is 4.79 Å². The summed E-state index contributed by atoms with van der Waals surface area (Å²) in [5.41, 5.74) is 2.96. The number of hydrogen-bond donors (Lipinski definition) is 3. The number of allylic oxidation sites excluding steroid dienone is 1. The average Bonchev–Trinajstić information content (AvgIpc) is 2.82. The molecule has 1 heterocycles. The molecule has 7 nitrogen and oxygen atoms in total. The first kappa shape index (κ1) is 30.0. The number of nitrogens with one attached hydrogen (secondary N) is 1. The van der Waals surface area contributed by atoms with Crippen molar-refractivity contribution < 1.29 is 29.2 Å². The lowest BCUT2D eigenvalue weighted by Gasteiger charge is -2.31. The zero-order valence-electron chi connectivity index (χ0n) is 23.1. The molecule has 0 saturated carbocycles. The standard InChI is InChI=1S/C29H45NO6/c1-17-9-21(5)29(33)30-23-14-22(15-24(16-23)34-6)10-18(2)12-26(35-7)28(36-8)20(4)13-19(3)27(32)25(31)11-17/h9,13-18,20,25-28,31-32H,10-12H2,1-8H3,(H,30,33)/b19-13+,21-9+/t17-,18-,20+,25+,26+,27+,28-/m1/s1. The normalized spacial score (nSPS) is 34.2. The van der Waals surface area contributed by atoms with Crippen molar-refractivity contribution in [3.63, 3.8) is 0 Å². The van der Waals surface area contributed by atoms with E-state index < -0.39 is 12.2 Å². The van der Waals surface area contributed by atoms with E-state index in [0.29, 0.717) is 29.0 Å². The molecule has 1 aliphatic heterocycles. The number of hydrogen-bond acceptors (Lipinski definition) is 6. The number of ether oxygens (including phenoxy) is 3. The molecule has 2 rings (SSSR count). The van der Waals surface area contributed by atoms with Crippen LogP contribution >= 0.6 is 0 Å². The molecule has 0 spiro atoms. The van der Waals surface area contributed by atoms with Gasteiger partial charge in [-0.1, -0.05) is 32.9 Å². The molecule has 0 fully saturated rings. The van der Waals surface area contributed by atoms with Crippen LogP contribution in [0.5, 0.6) is 5.75 Å². The van der Waals surface area contributed by atoms with Crippen LogP contribution in [-0.4, -0.2) is 61.9 Å². The number of carbonyl (C=O) groups excluding carboxylic acids is 1. The molecule has 0 radical (unpaired) electrons.